The van der Waals surface area contributed by atoms with E-state index < -0.39 is 21.7 Å². The van der Waals surface area contributed by atoms with Gasteiger partial charge in [-0.1, -0.05) is 0 Å². The van der Waals surface area contributed by atoms with Crippen LogP contribution in [0.15, 0.2) is 54.7 Å². The van der Waals surface area contributed by atoms with E-state index in [4.69, 9.17) is 4.74 Å². The van der Waals surface area contributed by atoms with Crippen LogP contribution in [-0.2, 0) is 21.4 Å². The molecular formula is C21H25N3O4S. The molecule has 2 N–H and O–H groups in total. The molecule has 0 unspecified atom stereocenters. The van der Waals surface area contributed by atoms with E-state index in [0.29, 0.717) is 17.1 Å². The van der Waals surface area contributed by atoms with Crippen LogP contribution in [0.1, 0.15) is 20.8 Å². The van der Waals surface area contributed by atoms with Gasteiger partial charge in [0.25, 0.3) is 0 Å². The van der Waals surface area contributed by atoms with Crippen molar-refractivity contribution < 1.29 is 17.9 Å². The Hall–Kier alpha value is -3.00. The van der Waals surface area contributed by atoms with Gasteiger partial charge in [-0.2, -0.15) is 0 Å². The van der Waals surface area contributed by atoms with Crippen LogP contribution < -0.4 is 14.8 Å². The molecule has 0 aliphatic heterocycles. The molecule has 1 amide bonds. The number of carbonyl (C=O) groups is 1. The molecule has 0 spiro atoms. The van der Waals surface area contributed by atoms with Crippen LogP contribution in [0.3, 0.4) is 0 Å². The molecule has 3 aromatic rings. The van der Waals surface area contributed by atoms with Crippen LogP contribution in [0, 0.1) is 0 Å². The zero-order chi connectivity index (χ0) is 21.0. The maximum absolute atomic E-state index is 12.3. The lowest BCUT2D eigenvalue weighted by molar-refractivity contribution is -0.113. The molecule has 0 fully saturated rings. The lowest BCUT2D eigenvalue weighted by Crippen LogP contribution is -2.27. The first-order chi connectivity index (χ1) is 13.8. The standard InChI is InChI=1S/C21H25N3O4S/c1-4-24-12-11-16-13-18(7-10-20(16)24)22-21(25)14-29(26,27)23-17-5-8-19(9-6-17)28-15(2)3/h5-13,15,23H,4,14H2,1-3H3,(H,22,25). The fourth-order valence-electron chi connectivity index (χ4n) is 3.01. The lowest BCUT2D eigenvalue weighted by atomic mass is 10.2. The van der Waals surface area contributed by atoms with Crippen LogP contribution in [0.25, 0.3) is 10.9 Å². The number of carbonyl (C=O) groups excluding carboxylic acids is 1. The smallest absolute Gasteiger partial charge is 0.241 e. The van der Waals surface area contributed by atoms with E-state index in [1.165, 1.54) is 0 Å². The van der Waals surface area contributed by atoms with Crippen LogP contribution >= 0.6 is 0 Å². The highest BCUT2D eigenvalue weighted by Crippen LogP contribution is 2.21. The number of aryl methyl sites for hydroxylation is 1. The average Bonchev–Trinajstić information content (AvgIpc) is 3.04. The maximum atomic E-state index is 12.3. The Morgan fingerprint density at radius 1 is 1.07 bits per heavy atom. The molecule has 0 saturated carbocycles. The largest absolute Gasteiger partial charge is 0.491 e. The second-order valence-corrected chi connectivity index (χ2v) is 8.70. The summed E-state index contributed by atoms with van der Waals surface area (Å²) in [5.74, 6) is -0.634. The highest BCUT2D eigenvalue weighted by Gasteiger charge is 2.17. The Morgan fingerprint density at radius 3 is 2.41 bits per heavy atom. The first-order valence-corrected chi connectivity index (χ1v) is 11.1. The molecule has 154 valence electrons. The molecule has 2 aromatic carbocycles. The monoisotopic (exact) mass is 415 g/mol. The number of amides is 1. The van der Waals surface area contributed by atoms with Gasteiger partial charge in [-0.15, -0.1) is 0 Å². The summed E-state index contributed by atoms with van der Waals surface area (Å²) >= 11 is 0. The molecule has 1 heterocycles. The molecule has 0 radical (unpaired) electrons. The summed E-state index contributed by atoms with van der Waals surface area (Å²) in [5.41, 5.74) is 1.99. The average molecular weight is 416 g/mol. The van der Waals surface area contributed by atoms with Crippen LogP contribution in [0.4, 0.5) is 11.4 Å². The number of hydrogen-bond acceptors (Lipinski definition) is 4. The van der Waals surface area contributed by atoms with Crippen molar-refractivity contribution in [1.82, 2.24) is 4.57 Å². The predicted octanol–water partition coefficient (Wildman–Crippen LogP) is 3.83. The Morgan fingerprint density at radius 2 is 1.76 bits per heavy atom. The van der Waals surface area contributed by atoms with E-state index in [9.17, 15) is 13.2 Å². The van der Waals surface area contributed by atoms with Crippen molar-refractivity contribution in [2.45, 2.75) is 33.4 Å². The van der Waals surface area contributed by atoms with Crippen LogP contribution in [-0.4, -0.2) is 30.7 Å². The lowest BCUT2D eigenvalue weighted by Gasteiger charge is -2.12. The number of anilines is 2. The number of sulfonamides is 1. The number of ether oxygens (including phenoxy) is 1. The fourth-order valence-corrected chi connectivity index (χ4v) is 4.00. The Bertz CT molecular complexity index is 1100. The summed E-state index contributed by atoms with van der Waals surface area (Å²) in [7, 11) is -3.84. The molecule has 1 aromatic heterocycles. The summed E-state index contributed by atoms with van der Waals surface area (Å²) in [6.07, 6.45) is 2.00. The highest BCUT2D eigenvalue weighted by atomic mass is 32.2. The molecule has 7 nitrogen and oxygen atoms in total. The number of aromatic nitrogens is 1. The first kappa shape index (κ1) is 20.7. The van der Waals surface area contributed by atoms with Crippen molar-refractivity contribution in [2.75, 3.05) is 15.8 Å². The fraction of sp³-hybridized carbons (Fsp3) is 0.286. The topological polar surface area (TPSA) is 89.4 Å². The zero-order valence-electron chi connectivity index (χ0n) is 16.7. The van der Waals surface area contributed by atoms with Gasteiger partial charge in [-0.05, 0) is 69.3 Å². The zero-order valence-corrected chi connectivity index (χ0v) is 17.5. The van der Waals surface area contributed by atoms with Gasteiger partial charge in [0.1, 0.15) is 11.5 Å². The first-order valence-electron chi connectivity index (χ1n) is 9.41. The highest BCUT2D eigenvalue weighted by molar-refractivity contribution is 7.93. The molecular weight excluding hydrogens is 390 g/mol. The van der Waals surface area contributed by atoms with Gasteiger partial charge >= 0.3 is 0 Å². The molecule has 0 aliphatic carbocycles. The van der Waals surface area contributed by atoms with E-state index >= 15 is 0 Å². The molecule has 3 rings (SSSR count). The van der Waals surface area contributed by atoms with Crippen LogP contribution in [0.2, 0.25) is 0 Å². The second-order valence-electron chi connectivity index (χ2n) is 6.98. The van der Waals surface area contributed by atoms with Crippen molar-refractivity contribution in [2.24, 2.45) is 0 Å². The number of nitrogens with zero attached hydrogens (tertiary/aromatic N) is 1. The summed E-state index contributed by atoms with van der Waals surface area (Å²) in [5, 5.41) is 3.63. The minimum Gasteiger partial charge on any atom is -0.491 e. The quantitative estimate of drug-likeness (QED) is 0.585. The van der Waals surface area contributed by atoms with E-state index in [2.05, 4.69) is 21.5 Å². The van der Waals surface area contributed by atoms with E-state index in [1.54, 1.807) is 30.3 Å². The number of rotatable bonds is 8. The van der Waals surface area contributed by atoms with Gasteiger partial charge in [-0.25, -0.2) is 8.42 Å². The Balaban J connectivity index is 1.61. The summed E-state index contributed by atoms with van der Waals surface area (Å²) in [4.78, 5) is 12.2. The molecule has 0 aliphatic rings. The molecule has 29 heavy (non-hydrogen) atoms. The van der Waals surface area contributed by atoms with Crippen molar-refractivity contribution in [3.63, 3.8) is 0 Å². The minimum atomic E-state index is -3.84. The second kappa shape index (κ2) is 8.57. The third-order valence-electron chi connectivity index (χ3n) is 4.22. The number of fused-ring (bicyclic) bond motifs is 1. The maximum Gasteiger partial charge on any atom is 0.241 e. The third kappa shape index (κ3) is 5.51. The Labute approximate surface area is 170 Å². The summed E-state index contributed by atoms with van der Waals surface area (Å²) in [6.45, 7) is 6.72. The van der Waals surface area contributed by atoms with Gasteiger partial charge in [0.05, 0.1) is 6.10 Å². The van der Waals surface area contributed by atoms with Gasteiger partial charge in [-0.3, -0.25) is 9.52 Å². The molecule has 0 bridgehead atoms. The summed E-state index contributed by atoms with van der Waals surface area (Å²) < 4.78 is 34.6. The number of nitrogens with one attached hydrogen (secondary N) is 2. The van der Waals surface area contributed by atoms with Gasteiger partial charge in [0.15, 0.2) is 0 Å². The molecule has 0 saturated heterocycles. The number of benzene rings is 2. The van der Waals surface area contributed by atoms with Gasteiger partial charge in [0, 0.05) is 35.0 Å². The normalized spacial score (nSPS) is 11.6. The third-order valence-corrected chi connectivity index (χ3v) is 5.40. The van der Waals surface area contributed by atoms with Crippen molar-refractivity contribution >= 4 is 38.2 Å². The van der Waals surface area contributed by atoms with Crippen molar-refractivity contribution in [3.05, 3.63) is 54.7 Å². The predicted molar refractivity (Wildman–Crippen MR) is 116 cm³/mol. The van der Waals surface area contributed by atoms with E-state index in [0.717, 1.165) is 17.4 Å². The number of hydrogen-bond donors (Lipinski definition) is 2. The minimum absolute atomic E-state index is 0.0287. The summed E-state index contributed by atoms with van der Waals surface area (Å²) in [6, 6.07) is 14.0. The molecule has 8 heteroatoms. The van der Waals surface area contributed by atoms with Gasteiger partial charge in [0.2, 0.25) is 15.9 Å². The van der Waals surface area contributed by atoms with Crippen molar-refractivity contribution in [3.8, 4) is 5.75 Å². The van der Waals surface area contributed by atoms with Crippen LogP contribution in [0.5, 0.6) is 5.75 Å². The van der Waals surface area contributed by atoms with Crippen molar-refractivity contribution in [1.29, 1.82) is 0 Å². The Kier molecular flexibility index (Phi) is 6.12. The SMILES string of the molecule is CCn1ccc2cc(NC(=O)CS(=O)(=O)Nc3ccc(OC(C)C)cc3)ccc21. The van der Waals surface area contributed by atoms with E-state index in [1.807, 2.05) is 38.2 Å². The molecule has 0 atom stereocenters. The van der Waals surface area contributed by atoms with E-state index in [-0.39, 0.29) is 6.10 Å². The van der Waals surface area contributed by atoms with Gasteiger partial charge < -0.3 is 14.6 Å².